The van der Waals surface area contributed by atoms with Crippen molar-refractivity contribution >= 4 is 92.1 Å². The molecular weight excluding hydrogens is 1650 g/mol. The first kappa shape index (κ1) is 78.4. The van der Waals surface area contributed by atoms with Crippen LogP contribution in [-0.2, 0) is 10.8 Å². The minimum Gasteiger partial charge on any atom is -0.353 e. The smallest absolute Gasteiger partial charge is 0.137 e. The molecule has 0 radical (unpaired) electrons. The van der Waals surface area contributed by atoms with Crippen LogP contribution in [0.4, 0.5) is 0 Å². The third kappa shape index (κ3) is 13.1. The number of aromatic nitrogens is 6. The first-order valence-electron chi connectivity index (χ1n) is 45.1. The maximum Gasteiger partial charge on any atom is 0.137 e. The number of aromatic amines is 1. The van der Waals surface area contributed by atoms with Crippen molar-refractivity contribution in [3.63, 3.8) is 0 Å². The molecule has 24 aromatic rings. The van der Waals surface area contributed by atoms with Gasteiger partial charge < -0.3 is 9.55 Å². The Labute approximate surface area is 769 Å². The minimum absolute atomic E-state index is 0.121. The lowest BCUT2D eigenvalue weighted by Gasteiger charge is -2.23. The Hall–Kier alpha value is -16.1. The zero-order chi connectivity index (χ0) is 87.6. The highest BCUT2D eigenvalue weighted by atomic mass is 79.9. The SMILES string of the molecule is CC1(C)c2ccccc2-c2ccc(-n3c(-c4ccccc4)c(-c4ccccc4)c4ccc5c6cccc(-c7ccc(-c8c(-c9ccccc9)nc9ccccn89)cc7)c6ccc5c43)cc21.CC1(C)c2ccccc2-c2ccc(Br)cc21.c1ccc(-c2nc3ccccn3c2-c2ccc(-c3cccc4c3ccc3c4ccc4c(-c5ccccc5)c(-c5ccccc5)[nH]c43)cc2)cc1. The summed E-state index contributed by atoms with van der Waals surface area (Å²) in [5.41, 5.74) is 39.5. The molecule has 0 fully saturated rings. The van der Waals surface area contributed by atoms with Crippen LogP contribution in [0, 0.1) is 0 Å². The average Bonchev–Trinajstić information content (AvgIpc) is 1.55. The fourth-order valence-corrected chi connectivity index (χ4v) is 21.7. The molecule has 0 aliphatic heterocycles. The minimum atomic E-state index is -0.135. The summed E-state index contributed by atoms with van der Waals surface area (Å²) in [7, 11) is 0. The number of pyridine rings is 2. The lowest BCUT2D eigenvalue weighted by Crippen LogP contribution is -2.15. The van der Waals surface area contributed by atoms with Gasteiger partial charge in [0.05, 0.1) is 45.2 Å². The van der Waals surface area contributed by atoms with Gasteiger partial charge in [0.15, 0.2) is 0 Å². The monoisotopic (exact) mass is 1740 g/mol. The molecule has 2 aliphatic carbocycles. The molecule has 6 nitrogen and oxygen atoms in total. The van der Waals surface area contributed by atoms with E-state index in [0.29, 0.717) is 0 Å². The van der Waals surface area contributed by atoms with E-state index in [1.807, 2.05) is 18.2 Å². The fraction of sp³-hybridized carbons (Fsp3) is 0.0484. The van der Waals surface area contributed by atoms with Gasteiger partial charge in [0.25, 0.3) is 0 Å². The van der Waals surface area contributed by atoms with Crippen molar-refractivity contribution in [1.82, 2.24) is 28.3 Å². The molecule has 0 bridgehead atoms. The number of nitrogens with one attached hydrogen (secondary N) is 1. The topological polar surface area (TPSA) is 55.3 Å². The molecular formula is C124H87BrN6. The van der Waals surface area contributed by atoms with E-state index >= 15 is 0 Å². The molecule has 0 amide bonds. The quantitative estimate of drug-likeness (QED) is 0.131. The van der Waals surface area contributed by atoms with E-state index in [0.717, 1.165) is 66.5 Å². The maximum absolute atomic E-state index is 5.09. The Bertz CT molecular complexity index is 8600. The molecule has 0 saturated carbocycles. The predicted molar refractivity (Wildman–Crippen MR) is 553 cm³/mol. The van der Waals surface area contributed by atoms with Crippen molar-refractivity contribution in [2.24, 2.45) is 0 Å². The summed E-state index contributed by atoms with van der Waals surface area (Å²) in [6.45, 7) is 9.34. The highest BCUT2D eigenvalue weighted by molar-refractivity contribution is 9.10. The van der Waals surface area contributed by atoms with E-state index in [2.05, 4.69) is 493 Å². The van der Waals surface area contributed by atoms with Gasteiger partial charge >= 0.3 is 0 Å². The van der Waals surface area contributed by atoms with Crippen LogP contribution in [0.25, 0.3) is 216 Å². The third-order valence-electron chi connectivity index (χ3n) is 27.5. The molecule has 0 saturated heterocycles. The highest BCUT2D eigenvalue weighted by Gasteiger charge is 2.38. The van der Waals surface area contributed by atoms with Crippen LogP contribution in [0.5, 0.6) is 0 Å². The second-order valence-electron chi connectivity index (χ2n) is 35.6. The van der Waals surface area contributed by atoms with Crippen molar-refractivity contribution < 1.29 is 0 Å². The van der Waals surface area contributed by atoms with Gasteiger partial charge in [-0.05, 0) is 170 Å². The molecule has 131 heavy (non-hydrogen) atoms. The average molecular weight is 1740 g/mol. The van der Waals surface area contributed by atoms with Gasteiger partial charge in [0.1, 0.15) is 11.3 Å². The van der Waals surface area contributed by atoms with Gasteiger partial charge in [0, 0.05) is 88.3 Å². The van der Waals surface area contributed by atoms with Crippen LogP contribution < -0.4 is 0 Å². The largest absolute Gasteiger partial charge is 0.353 e. The van der Waals surface area contributed by atoms with Crippen LogP contribution >= 0.6 is 15.9 Å². The Morgan fingerprint density at radius 3 is 1.13 bits per heavy atom. The van der Waals surface area contributed by atoms with Crippen LogP contribution in [0.3, 0.4) is 0 Å². The predicted octanol–water partition coefficient (Wildman–Crippen LogP) is 33.4. The van der Waals surface area contributed by atoms with Crippen molar-refractivity contribution in [3.05, 3.63) is 476 Å². The molecule has 620 valence electrons. The summed E-state index contributed by atoms with van der Waals surface area (Å²) >= 11 is 3.56. The number of hydrogen-bond acceptors (Lipinski definition) is 2. The van der Waals surface area contributed by atoms with Crippen molar-refractivity contribution in [1.29, 1.82) is 0 Å². The Kier molecular flexibility index (Phi) is 19.0. The van der Waals surface area contributed by atoms with Gasteiger partial charge in [-0.2, -0.15) is 0 Å². The summed E-state index contributed by atoms with van der Waals surface area (Å²) in [5.74, 6) is 0. The second kappa shape index (κ2) is 31.8. The Morgan fingerprint density at radius 2 is 0.611 bits per heavy atom. The zero-order valence-corrected chi connectivity index (χ0v) is 74.4. The highest BCUT2D eigenvalue weighted by Crippen LogP contribution is 2.54. The Morgan fingerprint density at radius 1 is 0.244 bits per heavy atom. The van der Waals surface area contributed by atoms with Gasteiger partial charge in [-0.3, -0.25) is 8.80 Å². The number of benzene rings is 18. The summed E-state index contributed by atoms with van der Waals surface area (Å²) in [6, 6.07) is 158. The van der Waals surface area contributed by atoms with Crippen molar-refractivity contribution in [3.8, 4) is 140 Å². The zero-order valence-electron chi connectivity index (χ0n) is 72.8. The molecule has 26 rings (SSSR count). The van der Waals surface area contributed by atoms with E-state index < -0.39 is 0 Å². The number of halogens is 1. The standard InChI is InChI=1S/C62H43N3.C47H31N3.C15H13Br/c1-62(2)54-26-13-12-23-50(54)51-33-32-45(39-55(51)62)65-59(43-21-10-5-11-22-43)57(41-17-6-3-7-18-41)53-37-35-49-47-25-16-24-46(48(47)34-36-52(49)61(53)65)40-28-30-44(31-29-40)60-58(42-19-8-4-9-20-42)63-56-27-14-15-38-64(56)60;1-4-13-32(14-5-1)43-41-29-27-39-37-20-12-19-36(38(37)26-28-40(39)46(41)49-44(43)33-15-6-2-7-16-33)31-22-24-35(25-23-31)47-45(34-17-8-3-9-18-34)48-42-21-10-11-30-50(42)47;1-15(2)13-6-4-3-5-11(13)12-8-7-10(16)9-14(12)15/h3-39H,1-2H3;1-30,49H;3-9H,1-2H3. The third-order valence-corrected chi connectivity index (χ3v) is 28.0. The van der Waals surface area contributed by atoms with Gasteiger partial charge in [0.2, 0.25) is 0 Å². The maximum atomic E-state index is 5.09. The number of fused-ring (bicyclic) bond motifs is 18. The summed E-state index contributed by atoms with van der Waals surface area (Å²) in [5, 5.41) is 12.4. The van der Waals surface area contributed by atoms with Crippen LogP contribution in [0.15, 0.2) is 454 Å². The van der Waals surface area contributed by atoms with Crippen molar-refractivity contribution in [2.75, 3.05) is 0 Å². The fourth-order valence-electron chi connectivity index (χ4n) is 21.3. The van der Waals surface area contributed by atoms with Crippen molar-refractivity contribution in [2.45, 2.75) is 38.5 Å². The molecule has 1 N–H and O–H groups in total. The number of rotatable bonds is 11. The lowest BCUT2D eigenvalue weighted by molar-refractivity contribution is 0.660. The second-order valence-corrected chi connectivity index (χ2v) is 36.5. The molecule has 2 aliphatic rings. The molecule has 6 heterocycles. The van der Waals surface area contributed by atoms with E-state index in [9.17, 15) is 0 Å². The Balaban J connectivity index is 0.000000126. The van der Waals surface area contributed by atoms with Crippen LogP contribution in [-0.4, -0.2) is 28.3 Å². The van der Waals surface area contributed by atoms with E-state index in [1.54, 1.807) is 0 Å². The van der Waals surface area contributed by atoms with Gasteiger partial charge in [-0.25, -0.2) is 9.97 Å². The number of imidazole rings is 2. The molecule has 6 aromatic heterocycles. The van der Waals surface area contributed by atoms with Gasteiger partial charge in [-0.15, -0.1) is 0 Å². The number of nitrogens with zero attached hydrogens (tertiary/aromatic N) is 5. The molecule has 0 spiro atoms. The number of H-pyrrole nitrogens is 1. The van der Waals surface area contributed by atoms with Crippen LogP contribution in [0.1, 0.15) is 49.9 Å². The van der Waals surface area contributed by atoms with E-state index in [-0.39, 0.29) is 10.8 Å². The summed E-state index contributed by atoms with van der Waals surface area (Å²) in [6.07, 6.45) is 4.21. The van der Waals surface area contributed by atoms with Crippen LogP contribution in [0.2, 0.25) is 0 Å². The molecule has 18 aromatic carbocycles. The van der Waals surface area contributed by atoms with E-state index in [1.165, 1.54) is 176 Å². The molecule has 0 unspecified atom stereocenters. The normalized spacial score (nSPS) is 12.7. The number of hydrogen-bond donors (Lipinski definition) is 1. The van der Waals surface area contributed by atoms with E-state index in [4.69, 9.17) is 9.97 Å². The first-order chi connectivity index (χ1) is 64.4. The molecule has 0 atom stereocenters. The molecule has 7 heteroatoms. The lowest BCUT2D eigenvalue weighted by atomic mass is 9.82. The first-order valence-corrected chi connectivity index (χ1v) is 45.9. The van der Waals surface area contributed by atoms with Gasteiger partial charge in [-0.1, -0.05) is 432 Å². The summed E-state index contributed by atoms with van der Waals surface area (Å²) < 4.78 is 8.11. The summed E-state index contributed by atoms with van der Waals surface area (Å²) in [4.78, 5) is 14.0.